The third-order valence-electron chi connectivity index (χ3n) is 3.74. The normalized spacial score (nSPS) is 12.2. The molecular weight excluding hydrogens is 288 g/mol. The molecule has 0 fully saturated rings. The number of rotatable bonds is 8. The maximum atomic E-state index is 12.1. The first kappa shape index (κ1) is 17.2. The maximum absolute atomic E-state index is 12.1. The highest BCUT2D eigenvalue weighted by Gasteiger charge is 2.19. The Morgan fingerprint density at radius 2 is 1.91 bits per heavy atom. The Morgan fingerprint density at radius 3 is 2.48 bits per heavy atom. The smallest absolute Gasteiger partial charge is 0.152 e. The van der Waals surface area contributed by atoms with E-state index >= 15 is 0 Å². The average molecular weight is 312 g/mol. The SMILES string of the molecule is CN[C@@H](Cc1ccc(OCc2ccccn2)cc1)C(=O)C(C)C. The molecule has 0 amide bonds. The van der Waals surface area contributed by atoms with Crippen LogP contribution in [0.25, 0.3) is 0 Å². The molecule has 1 aromatic carbocycles. The Labute approximate surface area is 137 Å². The quantitative estimate of drug-likeness (QED) is 0.814. The number of hydrogen-bond donors (Lipinski definition) is 1. The van der Waals surface area contributed by atoms with Gasteiger partial charge < -0.3 is 10.1 Å². The predicted octanol–water partition coefficient (Wildman–Crippen LogP) is 3.02. The molecule has 4 nitrogen and oxygen atoms in total. The Morgan fingerprint density at radius 1 is 1.17 bits per heavy atom. The minimum Gasteiger partial charge on any atom is -0.487 e. The second kappa shape index (κ2) is 8.44. The summed E-state index contributed by atoms with van der Waals surface area (Å²) < 4.78 is 5.72. The molecule has 23 heavy (non-hydrogen) atoms. The van der Waals surface area contributed by atoms with Crippen molar-refractivity contribution >= 4 is 5.78 Å². The lowest BCUT2D eigenvalue weighted by atomic mass is 9.96. The lowest BCUT2D eigenvalue weighted by Crippen LogP contribution is -2.38. The summed E-state index contributed by atoms with van der Waals surface area (Å²) in [5.74, 6) is 1.08. The van der Waals surface area contributed by atoms with Crippen LogP contribution in [0.1, 0.15) is 25.1 Å². The molecule has 1 atom stereocenters. The highest BCUT2D eigenvalue weighted by Crippen LogP contribution is 2.15. The third-order valence-corrected chi connectivity index (χ3v) is 3.74. The zero-order chi connectivity index (χ0) is 16.7. The van der Waals surface area contributed by atoms with Gasteiger partial charge in [0, 0.05) is 12.1 Å². The fraction of sp³-hybridized carbons (Fsp3) is 0.368. The van der Waals surface area contributed by atoms with Crippen molar-refractivity contribution in [2.24, 2.45) is 5.92 Å². The number of pyridine rings is 1. The van der Waals surface area contributed by atoms with Crippen molar-refractivity contribution in [3.63, 3.8) is 0 Å². The van der Waals surface area contributed by atoms with Gasteiger partial charge in [-0.1, -0.05) is 32.0 Å². The molecule has 1 heterocycles. The van der Waals surface area contributed by atoms with Crippen LogP contribution in [0, 0.1) is 5.92 Å². The second-order valence-corrected chi connectivity index (χ2v) is 5.86. The van der Waals surface area contributed by atoms with E-state index < -0.39 is 0 Å². The van der Waals surface area contributed by atoms with Crippen molar-refractivity contribution in [2.45, 2.75) is 32.9 Å². The predicted molar refractivity (Wildman–Crippen MR) is 91.4 cm³/mol. The molecule has 2 rings (SSSR count). The van der Waals surface area contributed by atoms with Gasteiger partial charge in [-0.05, 0) is 43.3 Å². The van der Waals surface area contributed by atoms with Gasteiger partial charge >= 0.3 is 0 Å². The van der Waals surface area contributed by atoms with E-state index in [1.54, 1.807) is 6.20 Å². The van der Waals surface area contributed by atoms with Crippen molar-refractivity contribution in [3.05, 3.63) is 59.9 Å². The number of carbonyl (C=O) groups is 1. The molecule has 0 saturated carbocycles. The summed E-state index contributed by atoms with van der Waals surface area (Å²) in [6.45, 7) is 4.31. The largest absolute Gasteiger partial charge is 0.487 e. The summed E-state index contributed by atoms with van der Waals surface area (Å²) in [5.41, 5.74) is 2.01. The zero-order valence-electron chi connectivity index (χ0n) is 14.0. The van der Waals surface area contributed by atoms with E-state index in [0.29, 0.717) is 13.0 Å². The summed E-state index contributed by atoms with van der Waals surface area (Å²) in [4.78, 5) is 16.3. The molecule has 0 aliphatic rings. The Bertz CT molecular complexity index is 609. The molecule has 0 spiro atoms. The van der Waals surface area contributed by atoms with Gasteiger partial charge in [0.1, 0.15) is 12.4 Å². The van der Waals surface area contributed by atoms with Crippen LogP contribution in [0.15, 0.2) is 48.7 Å². The number of nitrogens with zero attached hydrogens (tertiary/aromatic N) is 1. The molecule has 1 aromatic heterocycles. The molecule has 0 aliphatic heterocycles. The first-order valence-corrected chi connectivity index (χ1v) is 7.92. The van der Waals surface area contributed by atoms with Crippen molar-refractivity contribution in [3.8, 4) is 5.75 Å². The van der Waals surface area contributed by atoms with Gasteiger partial charge in [0.25, 0.3) is 0 Å². The molecule has 0 radical (unpaired) electrons. The first-order chi connectivity index (χ1) is 11.1. The van der Waals surface area contributed by atoms with Crippen LogP contribution in [-0.4, -0.2) is 23.9 Å². The van der Waals surface area contributed by atoms with Crippen LogP contribution in [0.2, 0.25) is 0 Å². The molecule has 2 aromatic rings. The van der Waals surface area contributed by atoms with Crippen LogP contribution in [0.5, 0.6) is 5.75 Å². The van der Waals surface area contributed by atoms with Gasteiger partial charge in [0.2, 0.25) is 0 Å². The van der Waals surface area contributed by atoms with E-state index in [1.807, 2.05) is 63.4 Å². The molecule has 4 heteroatoms. The lowest BCUT2D eigenvalue weighted by molar-refractivity contribution is -0.123. The summed E-state index contributed by atoms with van der Waals surface area (Å²) in [5, 5.41) is 3.10. The second-order valence-electron chi connectivity index (χ2n) is 5.86. The van der Waals surface area contributed by atoms with Gasteiger partial charge in [-0.15, -0.1) is 0 Å². The molecule has 0 aliphatic carbocycles. The van der Waals surface area contributed by atoms with Crippen LogP contribution >= 0.6 is 0 Å². The average Bonchev–Trinajstić information content (AvgIpc) is 2.59. The summed E-state index contributed by atoms with van der Waals surface area (Å²) in [6.07, 6.45) is 2.44. The maximum Gasteiger partial charge on any atom is 0.152 e. The number of ketones is 1. The van der Waals surface area contributed by atoms with E-state index in [9.17, 15) is 4.79 Å². The van der Waals surface area contributed by atoms with E-state index in [4.69, 9.17) is 4.74 Å². The molecule has 1 N–H and O–H groups in total. The van der Waals surface area contributed by atoms with E-state index in [1.165, 1.54) is 0 Å². The van der Waals surface area contributed by atoms with Gasteiger partial charge in [-0.3, -0.25) is 9.78 Å². The molecule has 0 unspecified atom stereocenters. The van der Waals surface area contributed by atoms with Crippen molar-refractivity contribution in [1.29, 1.82) is 0 Å². The molecular formula is C19H24N2O2. The number of likely N-dealkylation sites (N-methyl/N-ethyl adjacent to an activating group) is 1. The highest BCUT2D eigenvalue weighted by atomic mass is 16.5. The minimum absolute atomic E-state index is 0.0356. The van der Waals surface area contributed by atoms with Crippen LogP contribution < -0.4 is 10.1 Å². The molecule has 122 valence electrons. The fourth-order valence-electron chi connectivity index (χ4n) is 2.35. The summed E-state index contributed by atoms with van der Waals surface area (Å²) >= 11 is 0. The number of Topliss-reactive ketones (excluding diaryl/α,β-unsaturated/α-hetero) is 1. The number of ether oxygens (including phenoxy) is 1. The van der Waals surface area contributed by atoms with Crippen molar-refractivity contribution < 1.29 is 9.53 Å². The van der Waals surface area contributed by atoms with E-state index in [-0.39, 0.29) is 17.7 Å². The fourth-order valence-corrected chi connectivity index (χ4v) is 2.35. The van der Waals surface area contributed by atoms with Gasteiger partial charge in [0.05, 0.1) is 11.7 Å². The number of benzene rings is 1. The van der Waals surface area contributed by atoms with Crippen molar-refractivity contribution in [1.82, 2.24) is 10.3 Å². The van der Waals surface area contributed by atoms with E-state index in [0.717, 1.165) is 17.0 Å². The standard InChI is InChI=1S/C19H24N2O2/c1-14(2)19(22)18(20-3)12-15-7-9-17(10-8-15)23-13-16-6-4-5-11-21-16/h4-11,14,18,20H,12-13H2,1-3H3/t18-/m0/s1. The number of carbonyl (C=O) groups excluding carboxylic acids is 1. The van der Waals surface area contributed by atoms with Gasteiger partial charge in [-0.25, -0.2) is 0 Å². The highest BCUT2D eigenvalue weighted by molar-refractivity contribution is 5.85. The van der Waals surface area contributed by atoms with Crippen LogP contribution in [0.3, 0.4) is 0 Å². The Kier molecular flexibility index (Phi) is 6.29. The van der Waals surface area contributed by atoms with Crippen LogP contribution in [0.4, 0.5) is 0 Å². The third kappa shape index (κ3) is 5.18. The van der Waals surface area contributed by atoms with E-state index in [2.05, 4.69) is 10.3 Å². The monoisotopic (exact) mass is 312 g/mol. The van der Waals surface area contributed by atoms with Gasteiger partial charge in [0.15, 0.2) is 5.78 Å². The first-order valence-electron chi connectivity index (χ1n) is 7.92. The Balaban J connectivity index is 1.92. The van der Waals surface area contributed by atoms with Gasteiger partial charge in [-0.2, -0.15) is 0 Å². The summed E-state index contributed by atoms with van der Waals surface area (Å²) in [7, 11) is 1.83. The molecule has 0 bridgehead atoms. The minimum atomic E-state index is -0.143. The van der Waals surface area contributed by atoms with Crippen molar-refractivity contribution in [2.75, 3.05) is 7.05 Å². The number of aromatic nitrogens is 1. The zero-order valence-corrected chi connectivity index (χ0v) is 14.0. The Hall–Kier alpha value is -2.20. The lowest BCUT2D eigenvalue weighted by Gasteiger charge is -2.17. The number of hydrogen-bond acceptors (Lipinski definition) is 4. The topological polar surface area (TPSA) is 51.2 Å². The number of nitrogens with one attached hydrogen (secondary N) is 1. The summed E-state index contributed by atoms with van der Waals surface area (Å²) in [6, 6.07) is 13.5. The van der Waals surface area contributed by atoms with Crippen LogP contribution in [-0.2, 0) is 17.8 Å². The molecule has 0 saturated heterocycles.